The third-order valence-electron chi connectivity index (χ3n) is 2.82. The van der Waals surface area contributed by atoms with Gasteiger partial charge in [0, 0.05) is 11.6 Å². The van der Waals surface area contributed by atoms with Crippen LogP contribution in [-0.2, 0) is 10.5 Å². The molecular formula is C15H19N3O3S. The molecule has 0 saturated carbocycles. The number of nitrogens with one attached hydrogen (secondary N) is 1. The first-order valence-electron chi connectivity index (χ1n) is 6.92. The zero-order valence-electron chi connectivity index (χ0n) is 12.8. The second-order valence-corrected chi connectivity index (χ2v) is 5.96. The highest BCUT2D eigenvalue weighted by molar-refractivity contribution is 7.99. The predicted octanol–water partition coefficient (Wildman–Crippen LogP) is 3.07. The molecule has 7 heteroatoms. The highest BCUT2D eigenvalue weighted by Gasteiger charge is 2.10. The van der Waals surface area contributed by atoms with Gasteiger partial charge in [0.15, 0.2) is 5.82 Å². The molecule has 0 aliphatic rings. The van der Waals surface area contributed by atoms with Crippen molar-refractivity contribution in [1.82, 2.24) is 10.1 Å². The molecule has 1 N–H and O–H groups in total. The lowest BCUT2D eigenvalue weighted by atomic mass is 10.2. The summed E-state index contributed by atoms with van der Waals surface area (Å²) < 4.78 is 10.2. The molecule has 2 rings (SSSR count). The largest absolute Gasteiger partial charge is 0.497 e. The van der Waals surface area contributed by atoms with Gasteiger partial charge < -0.3 is 14.6 Å². The zero-order valence-corrected chi connectivity index (χ0v) is 13.6. The van der Waals surface area contributed by atoms with Crippen LogP contribution in [0.2, 0.25) is 0 Å². The van der Waals surface area contributed by atoms with Crippen molar-refractivity contribution in [1.29, 1.82) is 0 Å². The number of nitrogens with zero attached hydrogens (tertiary/aromatic N) is 2. The fourth-order valence-electron chi connectivity index (χ4n) is 1.67. The van der Waals surface area contributed by atoms with Crippen LogP contribution in [0.5, 0.6) is 5.75 Å². The average Bonchev–Trinajstić information content (AvgIpc) is 2.97. The summed E-state index contributed by atoms with van der Waals surface area (Å²) in [5, 5.41) is 6.71. The first-order valence-corrected chi connectivity index (χ1v) is 8.08. The van der Waals surface area contributed by atoms with Gasteiger partial charge in [-0.2, -0.15) is 4.98 Å². The molecule has 0 radical (unpaired) electrons. The molecule has 22 heavy (non-hydrogen) atoms. The summed E-state index contributed by atoms with van der Waals surface area (Å²) in [5.41, 5.74) is 0.744. The molecule has 0 aliphatic heterocycles. The third-order valence-corrected chi connectivity index (χ3v) is 3.74. The van der Waals surface area contributed by atoms with E-state index in [2.05, 4.69) is 15.5 Å². The molecule has 1 aromatic carbocycles. The second-order valence-electron chi connectivity index (χ2n) is 4.97. The number of carbonyl (C=O) groups is 1. The number of aromatic nitrogens is 2. The molecule has 2 aromatic rings. The lowest BCUT2D eigenvalue weighted by Crippen LogP contribution is -2.14. The van der Waals surface area contributed by atoms with Crippen LogP contribution < -0.4 is 10.1 Å². The van der Waals surface area contributed by atoms with Gasteiger partial charge in [-0.3, -0.25) is 4.79 Å². The Balaban J connectivity index is 1.74. The van der Waals surface area contributed by atoms with E-state index >= 15 is 0 Å². The van der Waals surface area contributed by atoms with Crippen molar-refractivity contribution in [2.75, 3.05) is 18.2 Å². The SMILES string of the molecule is COc1ccc(NC(=O)CSCc2noc(C(C)C)n2)cc1. The number of anilines is 1. The summed E-state index contributed by atoms with van der Waals surface area (Å²) in [6, 6.07) is 7.20. The van der Waals surface area contributed by atoms with Gasteiger partial charge in [0.25, 0.3) is 0 Å². The summed E-state index contributed by atoms with van der Waals surface area (Å²) in [5.74, 6) is 3.02. The Hall–Kier alpha value is -2.02. The molecule has 0 atom stereocenters. The molecule has 1 aromatic heterocycles. The van der Waals surface area contributed by atoms with Gasteiger partial charge in [0.2, 0.25) is 11.8 Å². The van der Waals surface area contributed by atoms with Crippen LogP contribution in [0.25, 0.3) is 0 Å². The Morgan fingerprint density at radius 3 is 2.68 bits per heavy atom. The maximum atomic E-state index is 11.8. The Morgan fingerprint density at radius 2 is 2.09 bits per heavy atom. The number of hydrogen-bond donors (Lipinski definition) is 1. The van der Waals surface area contributed by atoms with Gasteiger partial charge in [-0.25, -0.2) is 0 Å². The van der Waals surface area contributed by atoms with Gasteiger partial charge in [0.05, 0.1) is 18.6 Å². The number of amides is 1. The monoisotopic (exact) mass is 321 g/mol. The minimum absolute atomic E-state index is 0.0669. The van der Waals surface area contributed by atoms with Crippen LogP contribution in [0.15, 0.2) is 28.8 Å². The van der Waals surface area contributed by atoms with E-state index in [1.165, 1.54) is 11.8 Å². The van der Waals surface area contributed by atoms with Crippen molar-refractivity contribution in [3.05, 3.63) is 36.0 Å². The predicted molar refractivity (Wildman–Crippen MR) is 86.2 cm³/mol. The van der Waals surface area contributed by atoms with Crippen LogP contribution in [0.4, 0.5) is 5.69 Å². The number of methoxy groups -OCH3 is 1. The lowest BCUT2D eigenvalue weighted by molar-refractivity contribution is -0.113. The van der Waals surface area contributed by atoms with Crippen LogP contribution in [0.3, 0.4) is 0 Å². The Labute approximate surface area is 133 Å². The second kappa shape index (κ2) is 7.84. The molecule has 0 saturated heterocycles. The van der Waals surface area contributed by atoms with Gasteiger partial charge in [-0.15, -0.1) is 11.8 Å². The summed E-state index contributed by atoms with van der Waals surface area (Å²) >= 11 is 1.44. The van der Waals surface area contributed by atoms with E-state index in [1.807, 2.05) is 13.8 Å². The highest BCUT2D eigenvalue weighted by Crippen LogP contribution is 2.17. The van der Waals surface area contributed by atoms with Crippen LogP contribution in [0.1, 0.15) is 31.5 Å². The standard InChI is InChI=1S/C15H19N3O3S/c1-10(2)15-17-13(18-21-15)8-22-9-14(19)16-11-4-6-12(20-3)7-5-11/h4-7,10H,8-9H2,1-3H3,(H,16,19). The minimum atomic E-state index is -0.0669. The Kier molecular flexibility index (Phi) is 5.83. The maximum absolute atomic E-state index is 11.8. The number of rotatable bonds is 7. The quantitative estimate of drug-likeness (QED) is 0.844. The van der Waals surface area contributed by atoms with E-state index in [-0.39, 0.29) is 11.8 Å². The Bertz CT molecular complexity index is 611. The molecule has 118 valence electrons. The minimum Gasteiger partial charge on any atom is -0.497 e. The number of thioether (sulfide) groups is 1. The normalized spacial score (nSPS) is 10.7. The summed E-state index contributed by atoms with van der Waals surface area (Å²) in [7, 11) is 1.60. The topological polar surface area (TPSA) is 77.2 Å². The molecule has 6 nitrogen and oxygen atoms in total. The fraction of sp³-hybridized carbons (Fsp3) is 0.400. The Morgan fingerprint density at radius 1 is 1.36 bits per heavy atom. The number of ether oxygens (including phenoxy) is 1. The van der Waals surface area contributed by atoms with Crippen molar-refractivity contribution in [3.8, 4) is 5.75 Å². The fourth-order valence-corrected chi connectivity index (χ4v) is 2.33. The van der Waals surface area contributed by atoms with E-state index in [4.69, 9.17) is 9.26 Å². The van der Waals surface area contributed by atoms with Crippen molar-refractivity contribution in [2.45, 2.75) is 25.5 Å². The molecule has 0 bridgehead atoms. The lowest BCUT2D eigenvalue weighted by Gasteiger charge is -2.05. The third kappa shape index (κ3) is 4.77. The van der Waals surface area contributed by atoms with Gasteiger partial charge in [-0.1, -0.05) is 19.0 Å². The van der Waals surface area contributed by atoms with Gasteiger partial charge in [-0.05, 0) is 24.3 Å². The molecule has 1 amide bonds. The first kappa shape index (κ1) is 16.4. The van der Waals surface area contributed by atoms with E-state index in [0.29, 0.717) is 23.2 Å². The highest BCUT2D eigenvalue weighted by atomic mass is 32.2. The van der Waals surface area contributed by atoms with Crippen LogP contribution in [0, 0.1) is 0 Å². The van der Waals surface area contributed by atoms with Crippen molar-refractivity contribution in [3.63, 3.8) is 0 Å². The van der Waals surface area contributed by atoms with E-state index < -0.39 is 0 Å². The first-order chi connectivity index (χ1) is 10.6. The van der Waals surface area contributed by atoms with Crippen LogP contribution >= 0.6 is 11.8 Å². The number of carbonyl (C=O) groups excluding carboxylic acids is 1. The van der Waals surface area contributed by atoms with Gasteiger partial charge >= 0.3 is 0 Å². The maximum Gasteiger partial charge on any atom is 0.234 e. The van der Waals surface area contributed by atoms with Crippen LogP contribution in [-0.4, -0.2) is 28.9 Å². The molecule has 0 aliphatic carbocycles. The van der Waals surface area contributed by atoms with Crippen molar-refractivity contribution in [2.24, 2.45) is 0 Å². The molecule has 0 spiro atoms. The van der Waals surface area contributed by atoms with Gasteiger partial charge in [0.1, 0.15) is 5.75 Å². The van der Waals surface area contributed by atoms with E-state index in [0.717, 1.165) is 11.4 Å². The number of hydrogen-bond acceptors (Lipinski definition) is 6. The summed E-state index contributed by atoms with van der Waals surface area (Å²) in [6.07, 6.45) is 0. The summed E-state index contributed by atoms with van der Waals surface area (Å²) in [4.78, 5) is 16.1. The molecule has 0 fully saturated rings. The smallest absolute Gasteiger partial charge is 0.234 e. The van der Waals surface area contributed by atoms with Crippen molar-refractivity contribution < 1.29 is 14.1 Å². The zero-order chi connectivity index (χ0) is 15.9. The molecule has 1 heterocycles. The van der Waals surface area contributed by atoms with E-state index in [9.17, 15) is 4.79 Å². The average molecular weight is 321 g/mol. The number of benzene rings is 1. The molecule has 0 unspecified atom stereocenters. The van der Waals surface area contributed by atoms with Crippen molar-refractivity contribution >= 4 is 23.4 Å². The van der Waals surface area contributed by atoms with E-state index in [1.54, 1.807) is 31.4 Å². The molecular weight excluding hydrogens is 302 g/mol. The summed E-state index contributed by atoms with van der Waals surface area (Å²) in [6.45, 7) is 3.99.